The number of anilines is 1. The Hall–Kier alpha value is -2.17. The summed E-state index contributed by atoms with van der Waals surface area (Å²) in [6.45, 7) is 1.97. The molecule has 4 nitrogen and oxygen atoms in total. The molecule has 2 aromatic carbocycles. The first-order valence-corrected chi connectivity index (χ1v) is 7.56. The van der Waals surface area contributed by atoms with Crippen LogP contribution >= 0.6 is 11.6 Å². The number of benzene rings is 2. The van der Waals surface area contributed by atoms with E-state index in [9.17, 15) is 4.79 Å². The first-order chi connectivity index (χ1) is 11.0. The van der Waals surface area contributed by atoms with Crippen LogP contribution < -0.4 is 5.01 Å². The number of ether oxygens (including phenoxy) is 1. The molecule has 0 saturated carbocycles. The molecule has 0 aliphatic heterocycles. The number of aryl methyl sites for hydroxylation is 1. The van der Waals surface area contributed by atoms with Gasteiger partial charge in [0.15, 0.2) is 0 Å². The third kappa shape index (κ3) is 4.65. The van der Waals surface area contributed by atoms with Crippen LogP contribution in [0.15, 0.2) is 53.6 Å². The highest BCUT2D eigenvalue weighted by atomic mass is 35.5. The van der Waals surface area contributed by atoms with Crippen LogP contribution in [0.3, 0.4) is 0 Å². The monoisotopic (exact) mass is 330 g/mol. The maximum Gasteiger partial charge on any atom is 0.209 e. The number of hydrazone groups is 1. The van der Waals surface area contributed by atoms with Gasteiger partial charge in [0.1, 0.15) is 12.3 Å². The fourth-order valence-electron chi connectivity index (χ4n) is 2.15. The predicted molar refractivity (Wildman–Crippen MR) is 94.5 cm³/mol. The summed E-state index contributed by atoms with van der Waals surface area (Å²) in [5, 5.41) is 6.71. The summed E-state index contributed by atoms with van der Waals surface area (Å²) in [6, 6.07) is 15.0. The number of halogens is 1. The van der Waals surface area contributed by atoms with Crippen molar-refractivity contribution < 1.29 is 9.53 Å². The second-order valence-electron chi connectivity index (χ2n) is 5.18. The molecule has 0 aliphatic rings. The fourth-order valence-corrected chi connectivity index (χ4v) is 2.34. The first kappa shape index (κ1) is 17.2. The van der Waals surface area contributed by atoms with Gasteiger partial charge in [0, 0.05) is 24.7 Å². The molecule has 0 fully saturated rings. The van der Waals surface area contributed by atoms with Gasteiger partial charge in [-0.15, -0.1) is 0 Å². The zero-order valence-corrected chi connectivity index (χ0v) is 14.2. The largest absolute Gasteiger partial charge is 0.376 e. The molecule has 0 saturated heterocycles. The van der Waals surface area contributed by atoms with Crippen molar-refractivity contribution in [2.75, 3.05) is 25.8 Å². The Balaban J connectivity index is 2.42. The van der Waals surface area contributed by atoms with Crippen LogP contribution in [0, 0.1) is 6.92 Å². The van der Waals surface area contributed by atoms with Gasteiger partial charge in [-0.3, -0.25) is 9.80 Å². The van der Waals surface area contributed by atoms with Crippen molar-refractivity contribution in [2.24, 2.45) is 5.10 Å². The second-order valence-corrected chi connectivity index (χ2v) is 5.61. The van der Waals surface area contributed by atoms with Crippen LogP contribution in [-0.2, 0) is 9.53 Å². The SMILES string of the molecule is COCC(=O)C(=NN(C)c1cccc(C)c1)c1cccc(Cl)c1. The van der Waals surface area contributed by atoms with Gasteiger partial charge >= 0.3 is 0 Å². The van der Waals surface area contributed by atoms with Crippen LogP contribution in [0.1, 0.15) is 11.1 Å². The normalized spacial score (nSPS) is 11.4. The molecule has 0 heterocycles. The van der Waals surface area contributed by atoms with Crippen molar-refractivity contribution in [3.05, 3.63) is 64.7 Å². The van der Waals surface area contributed by atoms with E-state index in [1.807, 2.05) is 37.3 Å². The van der Waals surface area contributed by atoms with Crippen molar-refractivity contribution in [2.45, 2.75) is 6.92 Å². The number of carbonyl (C=O) groups excluding carboxylic acids is 1. The zero-order valence-electron chi connectivity index (χ0n) is 13.4. The summed E-state index contributed by atoms with van der Waals surface area (Å²) >= 11 is 6.03. The van der Waals surface area contributed by atoms with E-state index >= 15 is 0 Å². The lowest BCUT2D eigenvalue weighted by molar-refractivity contribution is -0.116. The Morgan fingerprint density at radius 2 is 1.96 bits per heavy atom. The molecule has 5 heteroatoms. The molecular formula is C18H19ClN2O2. The summed E-state index contributed by atoms with van der Waals surface area (Å²) in [5.41, 5.74) is 3.00. The predicted octanol–water partition coefficient (Wildman–Crippen LogP) is 3.70. The van der Waals surface area contributed by atoms with E-state index in [1.54, 1.807) is 30.3 Å². The maximum atomic E-state index is 12.4. The van der Waals surface area contributed by atoms with Gasteiger partial charge < -0.3 is 4.74 Å². The number of nitrogens with zero attached hydrogens (tertiary/aromatic N) is 2. The van der Waals surface area contributed by atoms with Crippen molar-refractivity contribution >= 4 is 28.8 Å². The molecule has 0 unspecified atom stereocenters. The molecule has 0 amide bonds. The van der Waals surface area contributed by atoms with E-state index in [2.05, 4.69) is 5.10 Å². The Morgan fingerprint density at radius 3 is 2.61 bits per heavy atom. The number of Topliss-reactive ketones (excluding diaryl/α,β-unsaturated/α-hetero) is 1. The Labute approximate surface area is 141 Å². The molecule has 0 atom stereocenters. The molecule has 0 radical (unpaired) electrons. The summed E-state index contributed by atoms with van der Waals surface area (Å²) in [5.74, 6) is -0.200. The number of hydrogen-bond donors (Lipinski definition) is 0. The average molecular weight is 331 g/mol. The summed E-state index contributed by atoms with van der Waals surface area (Å²) < 4.78 is 4.96. The highest BCUT2D eigenvalue weighted by molar-refractivity contribution is 6.47. The van der Waals surface area contributed by atoms with E-state index < -0.39 is 0 Å². The van der Waals surface area contributed by atoms with Gasteiger partial charge in [-0.05, 0) is 36.8 Å². The van der Waals surface area contributed by atoms with Crippen molar-refractivity contribution in [3.8, 4) is 0 Å². The lowest BCUT2D eigenvalue weighted by Crippen LogP contribution is -2.24. The number of methoxy groups -OCH3 is 1. The maximum absolute atomic E-state index is 12.4. The molecule has 0 aliphatic carbocycles. The van der Waals surface area contributed by atoms with E-state index in [0.717, 1.165) is 11.3 Å². The third-order valence-corrected chi connectivity index (χ3v) is 3.50. The minimum Gasteiger partial charge on any atom is -0.376 e. The van der Waals surface area contributed by atoms with Crippen molar-refractivity contribution in [1.29, 1.82) is 0 Å². The Kier molecular flexibility index (Phi) is 5.90. The van der Waals surface area contributed by atoms with E-state index in [4.69, 9.17) is 16.3 Å². The zero-order chi connectivity index (χ0) is 16.8. The van der Waals surface area contributed by atoms with Crippen LogP contribution in [0.25, 0.3) is 0 Å². The smallest absolute Gasteiger partial charge is 0.209 e. The topological polar surface area (TPSA) is 41.9 Å². The molecule has 0 N–H and O–H groups in total. The minimum absolute atomic E-state index is 0.0347. The molecule has 2 aromatic rings. The second kappa shape index (κ2) is 7.90. The number of carbonyl (C=O) groups is 1. The summed E-state index contributed by atoms with van der Waals surface area (Å²) in [7, 11) is 3.29. The lowest BCUT2D eigenvalue weighted by atomic mass is 10.1. The number of hydrogen-bond acceptors (Lipinski definition) is 4. The molecule has 23 heavy (non-hydrogen) atoms. The van der Waals surface area contributed by atoms with Gasteiger partial charge in [-0.1, -0.05) is 35.9 Å². The molecule has 120 valence electrons. The van der Waals surface area contributed by atoms with Crippen LogP contribution in [0.5, 0.6) is 0 Å². The standard InChI is InChI=1S/C18H19ClN2O2/c1-13-6-4-9-16(10-13)21(2)20-18(17(22)12-23-3)14-7-5-8-15(19)11-14/h4-11H,12H2,1-3H3. The lowest BCUT2D eigenvalue weighted by Gasteiger charge is -2.16. The molecule has 0 bridgehead atoms. The summed E-state index contributed by atoms with van der Waals surface area (Å²) in [4.78, 5) is 12.4. The molecule has 0 spiro atoms. The molecule has 0 aromatic heterocycles. The Bertz CT molecular complexity index is 728. The van der Waals surface area contributed by atoms with Gasteiger partial charge in [-0.2, -0.15) is 5.10 Å². The molecular weight excluding hydrogens is 312 g/mol. The van der Waals surface area contributed by atoms with Crippen LogP contribution in [-0.4, -0.2) is 32.3 Å². The number of ketones is 1. The van der Waals surface area contributed by atoms with Gasteiger partial charge in [0.05, 0.1) is 5.69 Å². The van der Waals surface area contributed by atoms with E-state index in [-0.39, 0.29) is 12.4 Å². The van der Waals surface area contributed by atoms with E-state index in [0.29, 0.717) is 16.3 Å². The van der Waals surface area contributed by atoms with Crippen LogP contribution in [0.4, 0.5) is 5.69 Å². The third-order valence-electron chi connectivity index (χ3n) is 3.26. The van der Waals surface area contributed by atoms with Crippen LogP contribution in [0.2, 0.25) is 5.02 Å². The van der Waals surface area contributed by atoms with Gasteiger partial charge in [0.2, 0.25) is 5.78 Å². The van der Waals surface area contributed by atoms with Crippen molar-refractivity contribution in [1.82, 2.24) is 0 Å². The van der Waals surface area contributed by atoms with Crippen molar-refractivity contribution in [3.63, 3.8) is 0 Å². The fraction of sp³-hybridized carbons (Fsp3) is 0.222. The number of rotatable bonds is 6. The average Bonchev–Trinajstić information content (AvgIpc) is 2.52. The highest BCUT2D eigenvalue weighted by Gasteiger charge is 2.16. The van der Waals surface area contributed by atoms with Gasteiger partial charge in [0.25, 0.3) is 0 Å². The Morgan fingerprint density at radius 1 is 1.22 bits per heavy atom. The quantitative estimate of drug-likeness (QED) is 0.599. The molecule has 2 rings (SSSR count). The summed E-state index contributed by atoms with van der Waals surface area (Å²) in [6.07, 6.45) is 0. The minimum atomic E-state index is -0.200. The first-order valence-electron chi connectivity index (χ1n) is 7.18. The highest BCUT2D eigenvalue weighted by Crippen LogP contribution is 2.17. The van der Waals surface area contributed by atoms with Gasteiger partial charge in [-0.25, -0.2) is 0 Å². The van der Waals surface area contributed by atoms with E-state index in [1.165, 1.54) is 7.11 Å².